The smallest absolute Gasteiger partial charge is 0.197 e. The van der Waals surface area contributed by atoms with Gasteiger partial charge in [0.2, 0.25) is 0 Å². The van der Waals surface area contributed by atoms with Crippen molar-refractivity contribution in [2.24, 2.45) is 0 Å². The molecule has 0 spiro atoms. The molecule has 1 fully saturated rings. The molecule has 0 saturated carbocycles. The number of likely N-dealkylation sites (tertiary alicyclic amines) is 1. The first-order chi connectivity index (χ1) is 15.5. The molecule has 5 rings (SSSR count). The maximum Gasteiger partial charge on any atom is 0.197 e. The van der Waals surface area contributed by atoms with E-state index in [1.54, 1.807) is 11.6 Å². The molecule has 1 aliphatic rings. The van der Waals surface area contributed by atoms with Gasteiger partial charge in [-0.15, -0.1) is 0 Å². The van der Waals surface area contributed by atoms with Crippen molar-refractivity contribution in [2.75, 3.05) is 20.2 Å². The molecule has 166 valence electrons. The molecule has 1 aromatic carbocycles. The Kier molecular flexibility index (Phi) is 5.21. The number of hydrogen-bond donors (Lipinski definition) is 1. The second-order valence-electron chi connectivity index (χ2n) is 9.21. The third kappa shape index (κ3) is 3.46. The molecular formula is C25H30N6O. The summed E-state index contributed by atoms with van der Waals surface area (Å²) in [6.07, 6.45) is 3.49. The SMILES string of the molecule is COc1cc(-c2n[nH]c(-c3ccc(C4CN(C(C)C)C4)cc3)c2C(C)C)cn2ncnc12. The van der Waals surface area contributed by atoms with Gasteiger partial charge in [0, 0.05) is 42.4 Å². The van der Waals surface area contributed by atoms with Crippen LogP contribution in [0.4, 0.5) is 0 Å². The second kappa shape index (κ2) is 8.06. The Labute approximate surface area is 188 Å². The number of hydrogen-bond acceptors (Lipinski definition) is 5. The predicted molar refractivity (Wildman–Crippen MR) is 126 cm³/mol. The van der Waals surface area contributed by atoms with Gasteiger partial charge in [0.25, 0.3) is 0 Å². The number of pyridine rings is 1. The van der Waals surface area contributed by atoms with Crippen molar-refractivity contribution >= 4 is 5.65 Å². The van der Waals surface area contributed by atoms with Gasteiger partial charge in [-0.25, -0.2) is 9.50 Å². The third-order valence-electron chi connectivity index (χ3n) is 6.53. The van der Waals surface area contributed by atoms with E-state index in [0.717, 1.165) is 35.6 Å². The number of fused-ring (bicyclic) bond motifs is 1. The van der Waals surface area contributed by atoms with Crippen molar-refractivity contribution in [2.45, 2.75) is 45.6 Å². The van der Waals surface area contributed by atoms with Crippen molar-refractivity contribution < 1.29 is 4.74 Å². The minimum atomic E-state index is 0.294. The molecule has 7 heteroatoms. The fraction of sp³-hybridized carbons (Fsp3) is 0.400. The minimum Gasteiger partial charge on any atom is -0.493 e. The van der Waals surface area contributed by atoms with Crippen LogP contribution in [-0.2, 0) is 0 Å². The summed E-state index contributed by atoms with van der Waals surface area (Å²) in [5.74, 6) is 1.61. The van der Waals surface area contributed by atoms with Crippen molar-refractivity contribution in [3.05, 3.63) is 54.0 Å². The van der Waals surface area contributed by atoms with Gasteiger partial charge in [-0.2, -0.15) is 10.2 Å². The molecule has 4 aromatic rings. The average Bonchev–Trinajstić information content (AvgIpc) is 3.39. The second-order valence-corrected chi connectivity index (χ2v) is 9.21. The topological polar surface area (TPSA) is 71.3 Å². The number of aromatic nitrogens is 5. The lowest BCUT2D eigenvalue weighted by atomic mass is 9.88. The van der Waals surface area contributed by atoms with Gasteiger partial charge in [0.15, 0.2) is 11.4 Å². The van der Waals surface area contributed by atoms with Crippen molar-refractivity contribution in [1.82, 2.24) is 29.7 Å². The van der Waals surface area contributed by atoms with Gasteiger partial charge in [-0.3, -0.25) is 10.00 Å². The van der Waals surface area contributed by atoms with E-state index in [1.807, 2.05) is 12.3 Å². The fourth-order valence-electron chi connectivity index (χ4n) is 4.60. The molecule has 1 N–H and O–H groups in total. The van der Waals surface area contributed by atoms with E-state index in [0.29, 0.717) is 29.3 Å². The van der Waals surface area contributed by atoms with Crippen LogP contribution in [0.5, 0.6) is 5.75 Å². The maximum absolute atomic E-state index is 5.55. The Morgan fingerprint density at radius 1 is 1.06 bits per heavy atom. The molecule has 0 atom stereocenters. The Morgan fingerprint density at radius 3 is 2.47 bits per heavy atom. The Hall–Kier alpha value is -3.19. The number of aromatic amines is 1. The van der Waals surface area contributed by atoms with E-state index >= 15 is 0 Å². The van der Waals surface area contributed by atoms with Crippen molar-refractivity contribution in [3.8, 4) is 28.3 Å². The number of nitrogens with one attached hydrogen (secondary N) is 1. The molecule has 0 radical (unpaired) electrons. The number of H-pyrrole nitrogens is 1. The minimum absolute atomic E-state index is 0.294. The lowest BCUT2D eigenvalue weighted by molar-refractivity contribution is 0.110. The van der Waals surface area contributed by atoms with E-state index in [1.165, 1.54) is 17.5 Å². The summed E-state index contributed by atoms with van der Waals surface area (Å²) in [7, 11) is 1.65. The molecule has 1 saturated heterocycles. The molecule has 0 amide bonds. The van der Waals surface area contributed by atoms with Crippen LogP contribution in [0.25, 0.3) is 28.2 Å². The molecule has 7 nitrogen and oxygen atoms in total. The van der Waals surface area contributed by atoms with Crippen LogP contribution >= 0.6 is 0 Å². The summed E-state index contributed by atoms with van der Waals surface area (Å²) in [6, 6.07) is 11.6. The highest BCUT2D eigenvalue weighted by Crippen LogP contribution is 2.38. The number of benzene rings is 1. The van der Waals surface area contributed by atoms with Crippen LogP contribution in [0.15, 0.2) is 42.9 Å². The normalized spacial score (nSPS) is 15.1. The lowest BCUT2D eigenvalue weighted by Crippen LogP contribution is -2.48. The molecule has 4 heterocycles. The van der Waals surface area contributed by atoms with Crippen LogP contribution in [-0.4, -0.2) is 55.9 Å². The fourth-order valence-corrected chi connectivity index (χ4v) is 4.60. The van der Waals surface area contributed by atoms with Crippen LogP contribution < -0.4 is 4.74 Å². The van der Waals surface area contributed by atoms with E-state index in [-0.39, 0.29) is 0 Å². The molecule has 0 aliphatic carbocycles. The maximum atomic E-state index is 5.55. The van der Waals surface area contributed by atoms with Crippen molar-refractivity contribution in [3.63, 3.8) is 0 Å². The summed E-state index contributed by atoms with van der Waals surface area (Å²) in [5, 5.41) is 12.3. The quantitative estimate of drug-likeness (QED) is 0.479. The van der Waals surface area contributed by atoms with Gasteiger partial charge in [0.1, 0.15) is 6.33 Å². The third-order valence-corrected chi connectivity index (χ3v) is 6.53. The average molecular weight is 431 g/mol. The molecule has 3 aromatic heterocycles. The first-order valence-electron chi connectivity index (χ1n) is 11.3. The molecule has 32 heavy (non-hydrogen) atoms. The van der Waals surface area contributed by atoms with Gasteiger partial charge in [-0.05, 0) is 37.0 Å². The number of nitrogens with zero attached hydrogens (tertiary/aromatic N) is 5. The number of rotatable bonds is 6. The number of methoxy groups -OCH3 is 1. The summed E-state index contributed by atoms with van der Waals surface area (Å²) in [4.78, 5) is 6.79. The van der Waals surface area contributed by atoms with Gasteiger partial charge in [-0.1, -0.05) is 38.1 Å². The highest BCUT2D eigenvalue weighted by Gasteiger charge is 2.29. The highest BCUT2D eigenvalue weighted by molar-refractivity contribution is 5.76. The van der Waals surface area contributed by atoms with Crippen LogP contribution in [0, 0.1) is 0 Å². The van der Waals surface area contributed by atoms with Crippen LogP contribution in [0.3, 0.4) is 0 Å². The zero-order valence-electron chi connectivity index (χ0n) is 19.3. The first-order valence-corrected chi connectivity index (χ1v) is 11.3. The summed E-state index contributed by atoms with van der Waals surface area (Å²) in [5.41, 5.74) is 7.39. The van der Waals surface area contributed by atoms with E-state index in [9.17, 15) is 0 Å². The Bertz CT molecular complexity index is 1230. The van der Waals surface area contributed by atoms with Gasteiger partial charge in [0.05, 0.1) is 18.5 Å². The van der Waals surface area contributed by atoms with E-state index in [4.69, 9.17) is 9.84 Å². The molecular weight excluding hydrogens is 400 g/mol. The van der Waals surface area contributed by atoms with E-state index < -0.39 is 0 Å². The molecule has 0 unspecified atom stereocenters. The zero-order chi connectivity index (χ0) is 22.4. The van der Waals surface area contributed by atoms with Gasteiger partial charge < -0.3 is 4.74 Å². The summed E-state index contributed by atoms with van der Waals surface area (Å²) in [6.45, 7) is 11.2. The van der Waals surface area contributed by atoms with Crippen LogP contribution in [0.2, 0.25) is 0 Å². The highest BCUT2D eigenvalue weighted by atomic mass is 16.5. The van der Waals surface area contributed by atoms with E-state index in [2.05, 4.69) is 72.0 Å². The monoisotopic (exact) mass is 430 g/mol. The lowest BCUT2D eigenvalue weighted by Gasteiger charge is -2.42. The standard InChI is InChI=1S/C25H30N6O/c1-15(2)22-23(18-8-6-17(7-9-18)20-11-30(12-20)16(3)4)28-29-24(22)19-10-21(32-5)25-26-14-27-31(25)13-19/h6-10,13-16,20H,11-12H2,1-5H3,(H,28,29). The molecule has 0 bridgehead atoms. The molecule has 1 aliphatic heterocycles. The Balaban J connectivity index is 1.49. The first kappa shape index (κ1) is 20.7. The predicted octanol–water partition coefficient (Wildman–Crippen LogP) is 4.73. The van der Waals surface area contributed by atoms with Crippen LogP contribution in [0.1, 0.15) is 50.7 Å². The zero-order valence-corrected chi connectivity index (χ0v) is 19.3. The van der Waals surface area contributed by atoms with Gasteiger partial charge >= 0.3 is 0 Å². The largest absolute Gasteiger partial charge is 0.493 e. The summed E-state index contributed by atoms with van der Waals surface area (Å²) < 4.78 is 7.29. The Morgan fingerprint density at radius 2 is 1.81 bits per heavy atom. The summed E-state index contributed by atoms with van der Waals surface area (Å²) >= 11 is 0. The number of ether oxygens (including phenoxy) is 1. The van der Waals surface area contributed by atoms with Crippen molar-refractivity contribution in [1.29, 1.82) is 0 Å².